The van der Waals surface area contributed by atoms with Crippen molar-refractivity contribution in [3.05, 3.63) is 17.0 Å². The Kier molecular flexibility index (Phi) is 4.24. The standard InChI is InChI=1S/C11H15NO5S2/c13-9-3-1-2-8(5-9)12-19(16,17)10-4-7(6-18-10)11(14)15/h4,6,8-9,12-13H,1-3,5H2,(H,14,15). The number of carboxylic acid groups (broad SMARTS) is 1. The number of aliphatic hydroxyl groups is 1. The summed E-state index contributed by atoms with van der Waals surface area (Å²) in [5.74, 6) is -1.15. The Hall–Kier alpha value is -0.960. The van der Waals surface area contributed by atoms with Gasteiger partial charge < -0.3 is 10.2 Å². The van der Waals surface area contributed by atoms with Crippen molar-refractivity contribution < 1.29 is 23.4 Å². The lowest BCUT2D eigenvalue weighted by atomic mass is 9.94. The van der Waals surface area contributed by atoms with Gasteiger partial charge >= 0.3 is 5.97 Å². The number of rotatable bonds is 4. The highest BCUT2D eigenvalue weighted by molar-refractivity contribution is 7.91. The number of hydrogen-bond donors (Lipinski definition) is 3. The molecule has 1 aliphatic rings. The Morgan fingerprint density at radius 2 is 2.16 bits per heavy atom. The molecule has 2 unspecified atom stereocenters. The van der Waals surface area contributed by atoms with Crippen LogP contribution in [-0.2, 0) is 10.0 Å². The monoisotopic (exact) mass is 305 g/mol. The van der Waals surface area contributed by atoms with E-state index in [1.807, 2.05) is 0 Å². The topological polar surface area (TPSA) is 104 Å². The van der Waals surface area contributed by atoms with Gasteiger partial charge in [0.1, 0.15) is 4.21 Å². The number of sulfonamides is 1. The summed E-state index contributed by atoms with van der Waals surface area (Å²) in [5.41, 5.74) is -0.0333. The molecule has 1 aromatic heterocycles. The molecule has 0 amide bonds. The van der Waals surface area contributed by atoms with E-state index in [-0.39, 0.29) is 15.8 Å². The van der Waals surface area contributed by atoms with Gasteiger partial charge in [-0.25, -0.2) is 17.9 Å². The van der Waals surface area contributed by atoms with Gasteiger partial charge in [0.15, 0.2) is 0 Å². The molecular formula is C11H15NO5S2. The second-order valence-corrected chi connectivity index (χ2v) is 7.45. The molecular weight excluding hydrogens is 290 g/mol. The average Bonchev–Trinajstić information content (AvgIpc) is 2.78. The van der Waals surface area contributed by atoms with Crippen LogP contribution in [0.5, 0.6) is 0 Å². The summed E-state index contributed by atoms with van der Waals surface area (Å²) in [5, 5.41) is 19.6. The fourth-order valence-corrected chi connectivity index (χ4v) is 4.57. The molecule has 2 atom stereocenters. The minimum absolute atomic E-state index is 0.00929. The third kappa shape index (κ3) is 3.53. The van der Waals surface area contributed by atoms with Crippen LogP contribution in [0.3, 0.4) is 0 Å². The van der Waals surface area contributed by atoms with Gasteiger partial charge in [0, 0.05) is 11.4 Å². The normalized spacial score (nSPS) is 24.3. The maximum absolute atomic E-state index is 12.1. The zero-order valence-corrected chi connectivity index (χ0v) is 11.7. The molecule has 8 heteroatoms. The third-order valence-corrected chi connectivity index (χ3v) is 6.02. The van der Waals surface area contributed by atoms with Gasteiger partial charge in [-0.15, -0.1) is 11.3 Å². The minimum atomic E-state index is -3.70. The zero-order chi connectivity index (χ0) is 14.0. The second kappa shape index (κ2) is 5.58. The molecule has 106 valence electrons. The van der Waals surface area contributed by atoms with E-state index in [1.54, 1.807) is 0 Å². The van der Waals surface area contributed by atoms with Crippen LogP contribution in [-0.4, -0.2) is 36.7 Å². The molecule has 0 bridgehead atoms. The molecule has 0 aromatic carbocycles. The molecule has 0 radical (unpaired) electrons. The lowest BCUT2D eigenvalue weighted by Gasteiger charge is -2.26. The molecule has 1 heterocycles. The summed E-state index contributed by atoms with van der Waals surface area (Å²) >= 11 is 0.880. The number of carbonyl (C=O) groups is 1. The number of thiophene rings is 1. The number of nitrogens with one attached hydrogen (secondary N) is 1. The van der Waals surface area contributed by atoms with Gasteiger partial charge in [0.05, 0.1) is 11.7 Å². The van der Waals surface area contributed by atoms with Gasteiger partial charge in [0.25, 0.3) is 0 Å². The van der Waals surface area contributed by atoms with Crippen molar-refractivity contribution in [2.24, 2.45) is 0 Å². The summed E-state index contributed by atoms with van der Waals surface area (Å²) in [6.45, 7) is 0. The highest BCUT2D eigenvalue weighted by Gasteiger charge is 2.26. The summed E-state index contributed by atoms with van der Waals surface area (Å²) in [7, 11) is -3.70. The number of aromatic carboxylic acids is 1. The minimum Gasteiger partial charge on any atom is -0.478 e. The zero-order valence-electron chi connectivity index (χ0n) is 10.1. The van der Waals surface area contributed by atoms with Gasteiger partial charge in [0.2, 0.25) is 10.0 Å². The average molecular weight is 305 g/mol. The summed E-state index contributed by atoms with van der Waals surface area (Å²) in [6, 6.07) is 0.860. The fourth-order valence-electron chi connectivity index (χ4n) is 2.12. The summed E-state index contributed by atoms with van der Waals surface area (Å²) in [6.07, 6.45) is 2.09. The Morgan fingerprint density at radius 1 is 1.42 bits per heavy atom. The molecule has 1 fully saturated rings. The predicted molar refractivity (Wildman–Crippen MR) is 69.9 cm³/mol. The molecule has 2 rings (SSSR count). The lowest BCUT2D eigenvalue weighted by molar-refractivity contribution is 0.0697. The number of carboxylic acids is 1. The largest absolute Gasteiger partial charge is 0.478 e. The first-order valence-electron chi connectivity index (χ1n) is 5.91. The van der Waals surface area contributed by atoms with E-state index in [2.05, 4.69) is 4.72 Å². The summed E-state index contributed by atoms with van der Waals surface area (Å²) < 4.78 is 26.7. The second-order valence-electron chi connectivity index (χ2n) is 4.60. The van der Waals surface area contributed by atoms with Crippen molar-refractivity contribution >= 4 is 27.3 Å². The Morgan fingerprint density at radius 3 is 2.74 bits per heavy atom. The van der Waals surface area contributed by atoms with Crippen molar-refractivity contribution in [1.29, 1.82) is 0 Å². The molecule has 19 heavy (non-hydrogen) atoms. The van der Waals surface area contributed by atoms with Crippen molar-refractivity contribution in [2.45, 2.75) is 42.0 Å². The van der Waals surface area contributed by atoms with Crippen LogP contribution in [0.2, 0.25) is 0 Å². The molecule has 1 aromatic rings. The maximum Gasteiger partial charge on any atom is 0.336 e. The van der Waals surface area contributed by atoms with Crippen LogP contribution in [0.25, 0.3) is 0 Å². The number of aliphatic hydroxyl groups excluding tert-OH is 1. The predicted octanol–water partition coefficient (Wildman–Crippen LogP) is 1.03. The first kappa shape index (κ1) is 14.4. The SMILES string of the molecule is O=C(O)c1csc(S(=O)(=O)NC2CCCC(O)C2)c1. The van der Waals surface area contributed by atoms with Crippen LogP contribution in [0, 0.1) is 0 Å². The Balaban J connectivity index is 2.10. The lowest BCUT2D eigenvalue weighted by Crippen LogP contribution is -2.39. The third-order valence-electron chi connectivity index (χ3n) is 3.06. The first-order chi connectivity index (χ1) is 8.88. The van der Waals surface area contributed by atoms with E-state index in [0.717, 1.165) is 23.8 Å². The van der Waals surface area contributed by atoms with Crippen molar-refractivity contribution in [1.82, 2.24) is 4.72 Å². The van der Waals surface area contributed by atoms with Gasteiger partial charge in [-0.2, -0.15) is 0 Å². The van der Waals surface area contributed by atoms with E-state index in [9.17, 15) is 18.3 Å². The molecule has 0 saturated heterocycles. The highest BCUT2D eigenvalue weighted by Crippen LogP contribution is 2.24. The van der Waals surface area contributed by atoms with E-state index >= 15 is 0 Å². The van der Waals surface area contributed by atoms with Crippen LogP contribution in [0.15, 0.2) is 15.7 Å². The first-order valence-corrected chi connectivity index (χ1v) is 8.27. The Bertz CT molecular complexity index is 565. The molecule has 3 N–H and O–H groups in total. The van der Waals surface area contributed by atoms with E-state index in [0.29, 0.717) is 19.3 Å². The van der Waals surface area contributed by atoms with E-state index in [1.165, 1.54) is 5.38 Å². The van der Waals surface area contributed by atoms with E-state index in [4.69, 9.17) is 5.11 Å². The molecule has 0 spiro atoms. The quantitative estimate of drug-likeness (QED) is 0.770. The molecule has 0 aliphatic heterocycles. The van der Waals surface area contributed by atoms with Crippen LogP contribution >= 0.6 is 11.3 Å². The molecule has 1 aliphatic carbocycles. The molecule has 1 saturated carbocycles. The van der Waals surface area contributed by atoms with Gasteiger partial charge in [-0.05, 0) is 31.7 Å². The molecule has 6 nitrogen and oxygen atoms in total. The smallest absolute Gasteiger partial charge is 0.336 e. The summed E-state index contributed by atoms with van der Waals surface area (Å²) in [4.78, 5) is 10.7. The van der Waals surface area contributed by atoms with E-state index < -0.39 is 22.1 Å². The van der Waals surface area contributed by atoms with Crippen molar-refractivity contribution in [3.63, 3.8) is 0 Å². The van der Waals surface area contributed by atoms with Crippen LogP contribution < -0.4 is 4.72 Å². The van der Waals surface area contributed by atoms with Gasteiger partial charge in [-0.3, -0.25) is 0 Å². The van der Waals surface area contributed by atoms with Crippen molar-refractivity contribution in [3.8, 4) is 0 Å². The van der Waals surface area contributed by atoms with Crippen LogP contribution in [0.4, 0.5) is 0 Å². The number of hydrogen-bond acceptors (Lipinski definition) is 5. The maximum atomic E-state index is 12.1. The van der Waals surface area contributed by atoms with Crippen molar-refractivity contribution in [2.75, 3.05) is 0 Å². The van der Waals surface area contributed by atoms with Crippen LogP contribution in [0.1, 0.15) is 36.0 Å². The fraction of sp³-hybridized carbons (Fsp3) is 0.545. The highest BCUT2D eigenvalue weighted by atomic mass is 32.2. The van der Waals surface area contributed by atoms with Gasteiger partial charge in [-0.1, -0.05) is 0 Å². The Labute approximate surface area is 115 Å².